The van der Waals surface area contributed by atoms with Gasteiger partial charge in [0.2, 0.25) is 0 Å². The average Bonchev–Trinajstić information content (AvgIpc) is 3.69. The lowest BCUT2D eigenvalue weighted by molar-refractivity contribution is -0.139. The first-order valence-corrected chi connectivity index (χ1v) is 14.2. The lowest BCUT2D eigenvalue weighted by atomic mass is 9.96. The molecule has 3 heterocycles. The van der Waals surface area contributed by atoms with Crippen LogP contribution < -0.4 is 14.9 Å². The van der Waals surface area contributed by atoms with Crippen LogP contribution in [0.5, 0.6) is 0 Å². The number of hydrogen-bond donors (Lipinski definition) is 1. The SMILES string of the molecule is CCOC(=O)C1=C(C)N=c2s/c(=C\c3ccccc3-n3cc(C4(O)CCCC4)nn3)c(=O)n2C1c1ccccc1. The normalized spacial score (nSPS) is 18.5. The average molecular weight is 556 g/mol. The molecule has 0 saturated heterocycles. The highest BCUT2D eigenvalue weighted by Gasteiger charge is 2.36. The Morgan fingerprint density at radius 3 is 2.62 bits per heavy atom. The van der Waals surface area contributed by atoms with Crippen molar-refractivity contribution in [3.63, 3.8) is 0 Å². The summed E-state index contributed by atoms with van der Waals surface area (Å²) in [5.74, 6) is -0.483. The molecule has 1 aliphatic heterocycles. The second kappa shape index (κ2) is 10.4. The number of aliphatic hydroxyl groups is 1. The Hall–Kier alpha value is -4.15. The molecule has 1 N–H and O–H groups in total. The molecule has 2 aromatic heterocycles. The van der Waals surface area contributed by atoms with Crippen LogP contribution in [0.4, 0.5) is 0 Å². The first-order valence-electron chi connectivity index (χ1n) is 13.4. The summed E-state index contributed by atoms with van der Waals surface area (Å²) in [4.78, 5) is 32.1. The minimum Gasteiger partial charge on any atom is -0.463 e. The molecule has 1 fully saturated rings. The summed E-state index contributed by atoms with van der Waals surface area (Å²) in [5.41, 5.74) is 2.54. The fourth-order valence-electron chi connectivity index (χ4n) is 5.51. The Morgan fingerprint density at radius 2 is 1.88 bits per heavy atom. The third-order valence-electron chi connectivity index (χ3n) is 7.50. The van der Waals surface area contributed by atoms with Gasteiger partial charge in [-0.2, -0.15) is 0 Å². The van der Waals surface area contributed by atoms with Crippen LogP contribution in [0.3, 0.4) is 0 Å². The van der Waals surface area contributed by atoms with Gasteiger partial charge in [0.15, 0.2) is 4.80 Å². The van der Waals surface area contributed by atoms with Gasteiger partial charge in [-0.3, -0.25) is 9.36 Å². The van der Waals surface area contributed by atoms with Crippen molar-refractivity contribution >= 4 is 23.4 Å². The van der Waals surface area contributed by atoms with Crippen molar-refractivity contribution in [3.05, 3.63) is 109 Å². The van der Waals surface area contributed by atoms with Gasteiger partial charge in [-0.25, -0.2) is 14.5 Å². The number of fused-ring (bicyclic) bond motifs is 1. The second-order valence-corrected chi connectivity index (χ2v) is 11.1. The maximum Gasteiger partial charge on any atom is 0.338 e. The third kappa shape index (κ3) is 4.52. The lowest BCUT2D eigenvalue weighted by Gasteiger charge is -2.24. The van der Waals surface area contributed by atoms with Gasteiger partial charge in [0.1, 0.15) is 11.3 Å². The van der Waals surface area contributed by atoms with Crippen LogP contribution in [0.15, 0.2) is 81.9 Å². The Balaban J connectivity index is 1.47. The minimum absolute atomic E-state index is 0.222. The van der Waals surface area contributed by atoms with Crippen molar-refractivity contribution in [3.8, 4) is 5.69 Å². The zero-order valence-electron chi connectivity index (χ0n) is 22.3. The fourth-order valence-corrected chi connectivity index (χ4v) is 6.55. The molecule has 2 aromatic carbocycles. The number of aromatic nitrogens is 4. The van der Waals surface area contributed by atoms with Gasteiger partial charge >= 0.3 is 5.97 Å². The molecule has 9 nitrogen and oxygen atoms in total. The Bertz CT molecular complexity index is 1790. The van der Waals surface area contributed by atoms with Crippen LogP contribution in [0.25, 0.3) is 11.8 Å². The quantitative estimate of drug-likeness (QED) is 0.366. The monoisotopic (exact) mass is 555 g/mol. The maximum atomic E-state index is 13.9. The van der Waals surface area contributed by atoms with Crippen LogP contribution in [0.1, 0.15) is 62.4 Å². The Kier molecular flexibility index (Phi) is 6.81. The third-order valence-corrected chi connectivity index (χ3v) is 8.49. The molecule has 0 bridgehead atoms. The zero-order chi connectivity index (χ0) is 27.9. The molecule has 10 heteroatoms. The van der Waals surface area contributed by atoms with E-state index in [0.29, 0.717) is 39.1 Å². The summed E-state index contributed by atoms with van der Waals surface area (Å²) in [6.45, 7) is 3.75. The molecule has 1 atom stereocenters. The summed E-state index contributed by atoms with van der Waals surface area (Å²) in [5, 5.41) is 19.6. The van der Waals surface area contributed by atoms with Crippen molar-refractivity contribution in [1.29, 1.82) is 0 Å². The molecule has 6 rings (SSSR count). The molecule has 1 aliphatic carbocycles. The number of carbonyl (C=O) groups excluding carboxylic acids is 1. The fraction of sp³-hybridized carbons (Fsp3) is 0.300. The number of benzene rings is 2. The summed E-state index contributed by atoms with van der Waals surface area (Å²) in [7, 11) is 0. The molecule has 0 radical (unpaired) electrons. The first-order chi connectivity index (χ1) is 19.4. The van der Waals surface area contributed by atoms with Crippen LogP contribution in [0.2, 0.25) is 0 Å². The Labute approximate surface area is 234 Å². The number of allylic oxidation sites excluding steroid dienone is 1. The molecule has 204 valence electrons. The summed E-state index contributed by atoms with van der Waals surface area (Å²) >= 11 is 1.27. The number of para-hydroxylation sites is 1. The van der Waals surface area contributed by atoms with E-state index in [-0.39, 0.29) is 12.2 Å². The lowest BCUT2D eigenvalue weighted by Crippen LogP contribution is -2.39. The van der Waals surface area contributed by atoms with Crippen LogP contribution in [0, 0.1) is 0 Å². The predicted molar refractivity (Wildman–Crippen MR) is 151 cm³/mol. The molecular formula is C30H29N5O4S. The molecule has 0 spiro atoms. The van der Waals surface area contributed by atoms with Crippen LogP contribution >= 0.6 is 11.3 Å². The topological polar surface area (TPSA) is 112 Å². The van der Waals surface area contributed by atoms with Crippen LogP contribution in [-0.2, 0) is 15.1 Å². The van der Waals surface area contributed by atoms with Gasteiger partial charge in [0.25, 0.3) is 5.56 Å². The number of thiazole rings is 1. The van der Waals surface area contributed by atoms with Gasteiger partial charge in [-0.05, 0) is 44.4 Å². The molecule has 4 aromatic rings. The van der Waals surface area contributed by atoms with Crippen molar-refractivity contribution < 1.29 is 14.6 Å². The highest BCUT2D eigenvalue weighted by atomic mass is 32.1. The molecule has 40 heavy (non-hydrogen) atoms. The van der Waals surface area contributed by atoms with E-state index in [0.717, 1.165) is 29.7 Å². The number of nitrogens with zero attached hydrogens (tertiary/aromatic N) is 5. The van der Waals surface area contributed by atoms with Crippen LogP contribution in [-0.4, -0.2) is 37.2 Å². The van der Waals surface area contributed by atoms with E-state index in [1.54, 1.807) is 29.3 Å². The van der Waals surface area contributed by atoms with Crippen molar-refractivity contribution in [2.45, 2.75) is 51.2 Å². The van der Waals surface area contributed by atoms with Crippen molar-refractivity contribution in [2.75, 3.05) is 6.61 Å². The summed E-state index contributed by atoms with van der Waals surface area (Å²) in [6.07, 6.45) is 6.85. The van der Waals surface area contributed by atoms with Gasteiger partial charge in [0, 0.05) is 5.56 Å². The van der Waals surface area contributed by atoms with E-state index in [2.05, 4.69) is 15.3 Å². The zero-order valence-corrected chi connectivity index (χ0v) is 23.1. The maximum absolute atomic E-state index is 13.9. The van der Waals surface area contributed by atoms with Gasteiger partial charge < -0.3 is 9.84 Å². The highest BCUT2D eigenvalue weighted by molar-refractivity contribution is 7.07. The standard InChI is InChI=1S/C30H29N5O4S/c1-3-39-28(37)25-19(2)31-29-35(26(25)20-11-5-4-6-12-20)27(36)23(40-29)17-21-13-7-8-14-22(21)34-18-24(32-33-34)30(38)15-9-10-16-30/h4-8,11-14,17-18,26,38H,3,9-10,15-16H2,1-2H3/b23-17-. The summed E-state index contributed by atoms with van der Waals surface area (Å²) in [6, 6.07) is 16.4. The molecule has 0 amide bonds. The first kappa shape index (κ1) is 26.1. The summed E-state index contributed by atoms with van der Waals surface area (Å²) < 4.78 is 9.06. The molecular weight excluding hydrogens is 526 g/mol. The van der Waals surface area contributed by atoms with Gasteiger partial charge in [-0.1, -0.05) is 77.9 Å². The smallest absolute Gasteiger partial charge is 0.338 e. The molecule has 2 aliphatic rings. The highest BCUT2D eigenvalue weighted by Crippen LogP contribution is 2.37. The van der Waals surface area contributed by atoms with E-state index in [1.165, 1.54) is 11.3 Å². The van der Waals surface area contributed by atoms with E-state index >= 15 is 0 Å². The van der Waals surface area contributed by atoms with E-state index in [9.17, 15) is 14.7 Å². The van der Waals surface area contributed by atoms with Gasteiger partial charge in [0.05, 0.1) is 40.3 Å². The van der Waals surface area contributed by atoms with Gasteiger partial charge in [-0.15, -0.1) is 5.10 Å². The molecule has 1 unspecified atom stereocenters. The van der Waals surface area contributed by atoms with E-state index < -0.39 is 17.6 Å². The largest absolute Gasteiger partial charge is 0.463 e. The number of rotatable bonds is 6. The number of esters is 1. The minimum atomic E-state index is -0.946. The van der Waals surface area contributed by atoms with E-state index in [1.807, 2.05) is 60.7 Å². The number of carbonyl (C=O) groups is 1. The number of hydrogen-bond acceptors (Lipinski definition) is 8. The Morgan fingerprint density at radius 1 is 1.15 bits per heavy atom. The predicted octanol–water partition coefficient (Wildman–Crippen LogP) is 3.14. The van der Waals surface area contributed by atoms with E-state index in [4.69, 9.17) is 4.74 Å². The molecule has 1 saturated carbocycles. The number of ether oxygens (including phenoxy) is 1. The van der Waals surface area contributed by atoms with Crippen molar-refractivity contribution in [2.24, 2.45) is 4.99 Å². The second-order valence-electron chi connectivity index (χ2n) is 10.1. The van der Waals surface area contributed by atoms with Crippen molar-refractivity contribution in [1.82, 2.24) is 19.6 Å².